The van der Waals surface area contributed by atoms with Crippen molar-refractivity contribution >= 4 is 31.8 Å². The molecule has 0 aliphatic carbocycles. The van der Waals surface area contributed by atoms with Crippen molar-refractivity contribution in [3.05, 3.63) is 60.7 Å². The van der Waals surface area contributed by atoms with Crippen molar-refractivity contribution in [2.75, 3.05) is 0 Å². The zero-order valence-electron chi connectivity index (χ0n) is 14.4. The summed E-state index contributed by atoms with van der Waals surface area (Å²) < 4.78 is 70.8. The Hall–Kier alpha value is -3.33. The van der Waals surface area contributed by atoms with Gasteiger partial charge in [0.05, 0.1) is 16.6 Å². The van der Waals surface area contributed by atoms with Gasteiger partial charge in [-0.2, -0.15) is 21.6 Å². The lowest BCUT2D eigenvalue weighted by Gasteiger charge is -2.21. The second kappa shape index (κ2) is 5.84. The number of nitrogens with zero attached hydrogens (tertiary/aromatic N) is 1. The normalized spacial score (nSPS) is 13.2. The van der Waals surface area contributed by atoms with Crippen LogP contribution in [0.3, 0.4) is 0 Å². The first-order valence-corrected chi connectivity index (χ1v) is 9.80. The van der Waals surface area contributed by atoms with Gasteiger partial charge in [0, 0.05) is 17.0 Å². The topological polar surface area (TPSA) is 65.5 Å². The van der Waals surface area contributed by atoms with Gasteiger partial charge in [-0.25, -0.2) is 4.98 Å². The van der Waals surface area contributed by atoms with E-state index in [9.17, 15) is 21.6 Å². The van der Waals surface area contributed by atoms with Crippen LogP contribution in [-0.4, -0.2) is 18.9 Å². The number of para-hydroxylation sites is 1. The molecule has 9 heteroatoms. The van der Waals surface area contributed by atoms with Crippen LogP contribution in [0.4, 0.5) is 13.2 Å². The predicted octanol–water partition coefficient (Wildman–Crippen LogP) is 5.39. The number of alkyl halides is 3. The Morgan fingerprint density at radius 1 is 0.897 bits per heavy atom. The molecule has 3 aromatic carbocycles. The minimum Gasteiger partial charge on any atom is -0.456 e. The third kappa shape index (κ3) is 2.69. The van der Waals surface area contributed by atoms with Crippen LogP contribution in [0.1, 0.15) is 0 Å². The van der Waals surface area contributed by atoms with Crippen LogP contribution in [-0.2, 0) is 10.1 Å². The van der Waals surface area contributed by atoms with Gasteiger partial charge in [0.25, 0.3) is 0 Å². The van der Waals surface area contributed by atoms with Crippen molar-refractivity contribution in [3.8, 4) is 28.5 Å². The molecule has 1 aromatic heterocycles. The summed E-state index contributed by atoms with van der Waals surface area (Å²) in [5.74, 6) is 0.752. The van der Waals surface area contributed by atoms with E-state index in [4.69, 9.17) is 4.74 Å². The molecule has 2 heterocycles. The summed E-state index contributed by atoms with van der Waals surface area (Å²) in [7, 11) is -5.77. The van der Waals surface area contributed by atoms with Crippen molar-refractivity contribution in [2.24, 2.45) is 0 Å². The number of rotatable bonds is 2. The van der Waals surface area contributed by atoms with Gasteiger partial charge in [-0.15, -0.1) is 0 Å². The van der Waals surface area contributed by atoms with Gasteiger partial charge in [0.1, 0.15) is 17.2 Å². The van der Waals surface area contributed by atoms with E-state index < -0.39 is 21.4 Å². The second-order valence-electron chi connectivity index (χ2n) is 6.40. The first kappa shape index (κ1) is 17.7. The summed E-state index contributed by atoms with van der Waals surface area (Å²) in [5, 5.41) is 2.18. The molecule has 146 valence electrons. The summed E-state index contributed by atoms with van der Waals surface area (Å²) in [6, 6.07) is 16.5. The fraction of sp³-hybridized carbons (Fsp3) is 0.0500. The zero-order chi connectivity index (χ0) is 20.4. The molecule has 0 bridgehead atoms. The SMILES string of the molecule is O=S(=O)(Oc1ccc2c(c1)nc1c3c(cccc32)Oc2ccccc2-1)C(F)(F)F. The van der Waals surface area contributed by atoms with Gasteiger partial charge >= 0.3 is 15.6 Å². The lowest BCUT2D eigenvalue weighted by molar-refractivity contribution is -0.0500. The Labute approximate surface area is 162 Å². The Balaban J connectivity index is 1.76. The number of benzene rings is 3. The molecule has 0 saturated carbocycles. The smallest absolute Gasteiger partial charge is 0.456 e. The highest BCUT2D eigenvalue weighted by Crippen LogP contribution is 2.47. The molecule has 29 heavy (non-hydrogen) atoms. The zero-order valence-corrected chi connectivity index (χ0v) is 15.2. The summed E-state index contributed by atoms with van der Waals surface area (Å²) in [5.41, 5.74) is -3.89. The standard InChI is InChI=1S/C20H10F3NO4S/c21-20(22,23)29(25,26)28-11-8-9-12-13-5-3-7-17-18(13)19(24-15(12)10-11)14-4-1-2-6-16(14)27-17/h1-10H. The highest BCUT2D eigenvalue weighted by atomic mass is 32.2. The molecule has 0 spiro atoms. The number of ether oxygens (including phenoxy) is 1. The number of pyridine rings is 1. The number of halogens is 3. The van der Waals surface area contributed by atoms with Crippen molar-refractivity contribution in [1.82, 2.24) is 4.98 Å². The molecule has 1 aliphatic rings. The Morgan fingerprint density at radius 2 is 1.66 bits per heavy atom. The summed E-state index contributed by atoms with van der Waals surface area (Å²) >= 11 is 0. The summed E-state index contributed by atoms with van der Waals surface area (Å²) in [6.45, 7) is 0. The van der Waals surface area contributed by atoms with Crippen LogP contribution in [0.25, 0.3) is 32.9 Å². The fourth-order valence-corrected chi connectivity index (χ4v) is 3.83. The minimum atomic E-state index is -5.77. The molecular weight excluding hydrogens is 407 g/mol. The number of hydrogen-bond acceptors (Lipinski definition) is 5. The number of aromatic nitrogens is 1. The van der Waals surface area contributed by atoms with E-state index in [0.29, 0.717) is 28.1 Å². The van der Waals surface area contributed by atoms with Crippen LogP contribution in [0.2, 0.25) is 0 Å². The second-order valence-corrected chi connectivity index (χ2v) is 7.94. The average molecular weight is 417 g/mol. The maximum absolute atomic E-state index is 12.6. The minimum absolute atomic E-state index is 0.302. The molecule has 0 N–H and O–H groups in total. The average Bonchev–Trinajstić information content (AvgIpc) is 2.67. The van der Waals surface area contributed by atoms with Gasteiger partial charge in [-0.05, 0) is 35.7 Å². The molecule has 0 unspecified atom stereocenters. The van der Waals surface area contributed by atoms with Gasteiger partial charge in [0.2, 0.25) is 0 Å². The Bertz CT molecular complexity index is 1410. The predicted molar refractivity (Wildman–Crippen MR) is 100 cm³/mol. The molecule has 4 aromatic rings. The molecule has 5 rings (SSSR count). The number of hydrogen-bond donors (Lipinski definition) is 0. The summed E-state index contributed by atoms with van der Waals surface area (Å²) in [4.78, 5) is 4.59. The maximum Gasteiger partial charge on any atom is 0.534 e. The van der Waals surface area contributed by atoms with E-state index in [1.54, 1.807) is 12.1 Å². The Kier molecular flexibility index (Phi) is 3.57. The van der Waals surface area contributed by atoms with E-state index in [1.165, 1.54) is 18.2 Å². The van der Waals surface area contributed by atoms with Crippen LogP contribution < -0.4 is 8.92 Å². The van der Waals surface area contributed by atoms with Crippen LogP contribution in [0, 0.1) is 0 Å². The molecule has 0 atom stereocenters. The monoisotopic (exact) mass is 417 g/mol. The maximum atomic E-state index is 12.6. The van der Waals surface area contributed by atoms with Gasteiger partial charge < -0.3 is 8.92 Å². The van der Waals surface area contributed by atoms with Crippen LogP contribution in [0.15, 0.2) is 60.7 Å². The van der Waals surface area contributed by atoms with E-state index in [1.807, 2.05) is 30.3 Å². The fourth-order valence-electron chi connectivity index (χ4n) is 3.38. The molecule has 5 nitrogen and oxygen atoms in total. The van der Waals surface area contributed by atoms with E-state index >= 15 is 0 Å². The number of fused-ring (bicyclic) bond motifs is 4. The third-order valence-corrected chi connectivity index (χ3v) is 5.58. The van der Waals surface area contributed by atoms with Crippen molar-refractivity contribution in [3.63, 3.8) is 0 Å². The Morgan fingerprint density at radius 3 is 2.45 bits per heavy atom. The van der Waals surface area contributed by atoms with Gasteiger partial charge in [0.15, 0.2) is 0 Å². The van der Waals surface area contributed by atoms with E-state index in [-0.39, 0.29) is 0 Å². The summed E-state index contributed by atoms with van der Waals surface area (Å²) in [6.07, 6.45) is 0. The highest BCUT2D eigenvalue weighted by Gasteiger charge is 2.48. The molecule has 1 aliphatic heterocycles. The quantitative estimate of drug-likeness (QED) is 0.219. The first-order valence-electron chi connectivity index (χ1n) is 8.39. The molecule has 0 radical (unpaired) electrons. The van der Waals surface area contributed by atoms with Crippen LogP contribution >= 0.6 is 0 Å². The third-order valence-electron chi connectivity index (χ3n) is 4.61. The van der Waals surface area contributed by atoms with Crippen molar-refractivity contribution in [1.29, 1.82) is 0 Å². The molecule has 0 amide bonds. The highest BCUT2D eigenvalue weighted by molar-refractivity contribution is 7.88. The van der Waals surface area contributed by atoms with Crippen molar-refractivity contribution in [2.45, 2.75) is 5.51 Å². The largest absolute Gasteiger partial charge is 0.534 e. The van der Waals surface area contributed by atoms with Crippen LogP contribution in [0.5, 0.6) is 17.2 Å². The molecule has 0 fully saturated rings. The lowest BCUT2D eigenvalue weighted by Crippen LogP contribution is -2.28. The molecular formula is C20H10F3NO4S. The van der Waals surface area contributed by atoms with Gasteiger partial charge in [-0.3, -0.25) is 0 Å². The van der Waals surface area contributed by atoms with E-state index in [2.05, 4.69) is 9.17 Å². The van der Waals surface area contributed by atoms with Gasteiger partial charge in [-0.1, -0.05) is 24.3 Å². The first-order chi connectivity index (χ1) is 13.7. The molecule has 0 saturated heterocycles. The van der Waals surface area contributed by atoms with Crippen molar-refractivity contribution < 1.29 is 30.5 Å². The van der Waals surface area contributed by atoms with E-state index in [0.717, 1.165) is 16.3 Å². The lowest BCUT2D eigenvalue weighted by atomic mass is 9.97.